The molecule has 0 spiro atoms. The maximum Gasteiger partial charge on any atom is 0.127 e. The van der Waals surface area contributed by atoms with Crippen molar-refractivity contribution in [3.05, 3.63) is 29.3 Å². The molecule has 3 rings (SSSR count). The number of piperidine rings is 1. The number of hydrogen-bond donors (Lipinski definition) is 1. The lowest BCUT2D eigenvalue weighted by atomic mass is 10.00. The van der Waals surface area contributed by atoms with Crippen molar-refractivity contribution in [3.8, 4) is 5.75 Å². The molecule has 2 aliphatic heterocycles. The minimum Gasteiger partial charge on any atom is -0.487 e. The van der Waals surface area contributed by atoms with E-state index in [4.69, 9.17) is 4.74 Å². The van der Waals surface area contributed by atoms with E-state index >= 15 is 0 Å². The summed E-state index contributed by atoms with van der Waals surface area (Å²) >= 11 is 0. The van der Waals surface area contributed by atoms with E-state index in [0.717, 1.165) is 18.7 Å². The molecule has 1 N–H and O–H groups in total. The number of fused-ring (bicyclic) bond motifs is 1. The molecule has 110 valence electrons. The van der Waals surface area contributed by atoms with E-state index in [2.05, 4.69) is 49.3 Å². The van der Waals surface area contributed by atoms with Crippen LogP contribution in [-0.4, -0.2) is 36.7 Å². The minimum atomic E-state index is -0.0441. The van der Waals surface area contributed by atoms with Gasteiger partial charge in [0.25, 0.3) is 0 Å². The van der Waals surface area contributed by atoms with Crippen LogP contribution in [0.1, 0.15) is 37.8 Å². The fourth-order valence-electron chi connectivity index (χ4n) is 3.42. The summed E-state index contributed by atoms with van der Waals surface area (Å²) in [6.45, 7) is 7.73. The molecule has 0 bridgehead atoms. The Kier molecular flexibility index (Phi) is 3.74. The molecule has 1 fully saturated rings. The van der Waals surface area contributed by atoms with E-state index in [9.17, 15) is 0 Å². The highest BCUT2D eigenvalue weighted by Crippen LogP contribution is 2.38. The van der Waals surface area contributed by atoms with Gasteiger partial charge < -0.3 is 10.1 Å². The third kappa shape index (κ3) is 2.84. The standard InChI is InChI=1S/C17H26N2O/c1-17(2)11-13-5-4-6-14(16(13)20-17)12-19-9-7-15(18-3)8-10-19/h4-6,15,18H,7-12H2,1-3H3. The largest absolute Gasteiger partial charge is 0.487 e. The van der Waals surface area contributed by atoms with Gasteiger partial charge in [-0.25, -0.2) is 0 Å². The van der Waals surface area contributed by atoms with Crippen molar-refractivity contribution >= 4 is 0 Å². The highest BCUT2D eigenvalue weighted by Gasteiger charge is 2.32. The van der Waals surface area contributed by atoms with E-state index in [1.54, 1.807) is 0 Å². The van der Waals surface area contributed by atoms with Crippen LogP contribution in [0.15, 0.2) is 18.2 Å². The first-order chi connectivity index (χ1) is 9.57. The van der Waals surface area contributed by atoms with Gasteiger partial charge in [0.05, 0.1) is 0 Å². The van der Waals surface area contributed by atoms with Crippen LogP contribution < -0.4 is 10.1 Å². The van der Waals surface area contributed by atoms with Gasteiger partial charge in [0.15, 0.2) is 0 Å². The SMILES string of the molecule is CNC1CCN(Cc2cccc3c2OC(C)(C)C3)CC1. The molecular formula is C17H26N2O. The van der Waals surface area contributed by atoms with Crippen molar-refractivity contribution in [2.75, 3.05) is 20.1 Å². The van der Waals surface area contributed by atoms with Gasteiger partial charge in [0.2, 0.25) is 0 Å². The fourth-order valence-corrected chi connectivity index (χ4v) is 3.42. The number of hydrogen-bond acceptors (Lipinski definition) is 3. The van der Waals surface area contributed by atoms with Crippen LogP contribution in [0.4, 0.5) is 0 Å². The first kappa shape index (κ1) is 13.9. The van der Waals surface area contributed by atoms with Crippen molar-refractivity contribution in [2.24, 2.45) is 0 Å². The molecule has 2 aliphatic rings. The highest BCUT2D eigenvalue weighted by atomic mass is 16.5. The number of para-hydroxylation sites is 1. The van der Waals surface area contributed by atoms with Gasteiger partial charge in [-0.05, 0) is 52.4 Å². The van der Waals surface area contributed by atoms with Crippen LogP contribution in [0.2, 0.25) is 0 Å². The zero-order chi connectivity index (χ0) is 14.2. The van der Waals surface area contributed by atoms with Gasteiger partial charge in [0, 0.05) is 24.6 Å². The third-order valence-electron chi connectivity index (χ3n) is 4.56. The normalized spacial score (nSPS) is 22.6. The lowest BCUT2D eigenvalue weighted by Gasteiger charge is -2.32. The molecule has 3 nitrogen and oxygen atoms in total. The maximum absolute atomic E-state index is 6.17. The Morgan fingerprint density at radius 1 is 1.30 bits per heavy atom. The van der Waals surface area contributed by atoms with E-state index in [-0.39, 0.29) is 5.60 Å². The fraction of sp³-hybridized carbons (Fsp3) is 0.647. The molecule has 1 saturated heterocycles. The topological polar surface area (TPSA) is 24.5 Å². The van der Waals surface area contributed by atoms with Gasteiger partial charge in [0.1, 0.15) is 11.4 Å². The summed E-state index contributed by atoms with van der Waals surface area (Å²) in [5.74, 6) is 1.15. The van der Waals surface area contributed by atoms with E-state index < -0.39 is 0 Å². The number of benzene rings is 1. The van der Waals surface area contributed by atoms with Gasteiger partial charge >= 0.3 is 0 Å². The number of rotatable bonds is 3. The van der Waals surface area contributed by atoms with Gasteiger partial charge in [-0.2, -0.15) is 0 Å². The summed E-state index contributed by atoms with van der Waals surface area (Å²) in [5.41, 5.74) is 2.69. The maximum atomic E-state index is 6.17. The molecule has 0 unspecified atom stereocenters. The Morgan fingerprint density at radius 2 is 2.05 bits per heavy atom. The molecule has 0 aromatic heterocycles. The smallest absolute Gasteiger partial charge is 0.127 e. The Balaban J connectivity index is 1.69. The highest BCUT2D eigenvalue weighted by molar-refractivity contribution is 5.45. The zero-order valence-electron chi connectivity index (χ0n) is 12.9. The number of ether oxygens (including phenoxy) is 1. The van der Waals surface area contributed by atoms with Crippen LogP contribution in [0.5, 0.6) is 5.75 Å². The Labute approximate surface area is 122 Å². The second-order valence-corrected chi connectivity index (χ2v) is 6.78. The summed E-state index contributed by atoms with van der Waals surface area (Å²) in [6, 6.07) is 7.31. The van der Waals surface area contributed by atoms with Gasteiger partial charge in [-0.15, -0.1) is 0 Å². The van der Waals surface area contributed by atoms with Crippen LogP contribution >= 0.6 is 0 Å². The van der Waals surface area contributed by atoms with Crippen molar-refractivity contribution in [3.63, 3.8) is 0 Å². The van der Waals surface area contributed by atoms with Crippen LogP contribution in [0.25, 0.3) is 0 Å². The van der Waals surface area contributed by atoms with Crippen LogP contribution in [0.3, 0.4) is 0 Å². The summed E-state index contributed by atoms with van der Waals surface area (Å²) in [6.07, 6.45) is 3.52. The first-order valence-electron chi connectivity index (χ1n) is 7.77. The first-order valence-corrected chi connectivity index (χ1v) is 7.77. The molecule has 20 heavy (non-hydrogen) atoms. The van der Waals surface area contributed by atoms with Crippen molar-refractivity contribution in [1.29, 1.82) is 0 Å². The molecule has 3 heteroatoms. The Hall–Kier alpha value is -1.06. The number of nitrogens with one attached hydrogen (secondary N) is 1. The quantitative estimate of drug-likeness (QED) is 0.917. The molecular weight excluding hydrogens is 248 g/mol. The molecule has 1 aromatic carbocycles. The summed E-state index contributed by atoms with van der Waals surface area (Å²) in [4.78, 5) is 2.55. The van der Waals surface area contributed by atoms with Crippen molar-refractivity contribution < 1.29 is 4.74 Å². The average molecular weight is 274 g/mol. The lowest BCUT2D eigenvalue weighted by Crippen LogP contribution is -2.40. The van der Waals surface area contributed by atoms with Crippen molar-refractivity contribution in [1.82, 2.24) is 10.2 Å². The lowest BCUT2D eigenvalue weighted by molar-refractivity contribution is 0.133. The molecule has 0 saturated carbocycles. The number of nitrogens with zero attached hydrogens (tertiary/aromatic N) is 1. The molecule has 0 amide bonds. The van der Waals surface area contributed by atoms with Crippen LogP contribution in [-0.2, 0) is 13.0 Å². The predicted octanol–water partition coefficient (Wildman–Crippen LogP) is 2.58. The molecule has 0 atom stereocenters. The monoisotopic (exact) mass is 274 g/mol. The van der Waals surface area contributed by atoms with Crippen molar-refractivity contribution in [2.45, 2.75) is 51.3 Å². The van der Waals surface area contributed by atoms with E-state index in [1.165, 1.54) is 37.1 Å². The van der Waals surface area contributed by atoms with E-state index in [0.29, 0.717) is 6.04 Å². The summed E-state index contributed by atoms with van der Waals surface area (Å²) in [7, 11) is 2.07. The predicted molar refractivity (Wildman–Crippen MR) is 82.2 cm³/mol. The average Bonchev–Trinajstić information content (AvgIpc) is 2.75. The van der Waals surface area contributed by atoms with E-state index in [1.807, 2.05) is 0 Å². The molecule has 1 aromatic rings. The molecule has 2 heterocycles. The second-order valence-electron chi connectivity index (χ2n) is 6.78. The van der Waals surface area contributed by atoms with Crippen LogP contribution in [0, 0.1) is 0 Å². The number of likely N-dealkylation sites (tertiary alicyclic amines) is 1. The minimum absolute atomic E-state index is 0.0441. The van der Waals surface area contributed by atoms with Gasteiger partial charge in [-0.3, -0.25) is 4.90 Å². The Morgan fingerprint density at radius 3 is 2.75 bits per heavy atom. The second kappa shape index (κ2) is 5.38. The molecule has 0 aliphatic carbocycles. The summed E-state index contributed by atoms with van der Waals surface area (Å²) in [5, 5.41) is 3.39. The Bertz CT molecular complexity index is 476. The summed E-state index contributed by atoms with van der Waals surface area (Å²) < 4.78 is 6.17. The zero-order valence-corrected chi connectivity index (χ0v) is 12.9. The molecule has 0 radical (unpaired) electrons. The third-order valence-corrected chi connectivity index (χ3v) is 4.56. The van der Waals surface area contributed by atoms with Gasteiger partial charge in [-0.1, -0.05) is 18.2 Å².